The predicted octanol–water partition coefficient (Wildman–Crippen LogP) is 1.74. The summed E-state index contributed by atoms with van der Waals surface area (Å²) in [7, 11) is -3.57. The lowest BCUT2D eigenvalue weighted by Crippen LogP contribution is -2.32. The highest BCUT2D eigenvalue weighted by Gasteiger charge is 2.22. The Balaban J connectivity index is 1.74. The molecule has 3 rings (SSSR count). The molecule has 1 unspecified atom stereocenters. The van der Waals surface area contributed by atoms with E-state index in [0.717, 1.165) is 15.9 Å². The van der Waals surface area contributed by atoms with Gasteiger partial charge < -0.3 is 4.84 Å². The van der Waals surface area contributed by atoms with Crippen molar-refractivity contribution in [2.24, 2.45) is 5.16 Å². The van der Waals surface area contributed by atoms with E-state index < -0.39 is 10.0 Å². The Labute approximate surface area is 120 Å². The van der Waals surface area contributed by atoms with Gasteiger partial charge in [-0.1, -0.05) is 5.16 Å². The fraction of sp³-hybridized carbons (Fsp3) is 0.333. The average molecular weight is 311 g/mol. The Kier molecular flexibility index (Phi) is 3.45. The van der Waals surface area contributed by atoms with E-state index in [1.165, 1.54) is 17.5 Å². The van der Waals surface area contributed by atoms with Gasteiger partial charge in [-0.2, -0.15) is 0 Å². The predicted molar refractivity (Wildman–Crippen MR) is 77.4 cm³/mol. The van der Waals surface area contributed by atoms with Crippen LogP contribution in [0, 0.1) is 0 Å². The summed E-state index contributed by atoms with van der Waals surface area (Å²) in [5.74, 6) is 0. The highest BCUT2D eigenvalue weighted by Crippen LogP contribution is 2.21. The number of hydrogen-bond acceptors (Lipinski definition) is 6. The SMILES string of the molecule is CC1=NOC(CNS(=O)(=O)c2cnc3ccsc3c2)C1. The van der Waals surface area contributed by atoms with Crippen molar-refractivity contribution >= 4 is 37.3 Å². The second-order valence-electron chi connectivity index (χ2n) is 4.58. The number of pyridine rings is 1. The van der Waals surface area contributed by atoms with Crippen LogP contribution in [0.4, 0.5) is 0 Å². The molecule has 0 fully saturated rings. The number of oxime groups is 1. The molecule has 0 aromatic carbocycles. The van der Waals surface area contributed by atoms with Crippen LogP contribution >= 0.6 is 11.3 Å². The molecular formula is C12H13N3O3S2. The summed E-state index contributed by atoms with van der Waals surface area (Å²) >= 11 is 1.46. The Morgan fingerprint density at radius 2 is 2.40 bits per heavy atom. The van der Waals surface area contributed by atoms with E-state index >= 15 is 0 Å². The average Bonchev–Trinajstić information content (AvgIpc) is 3.04. The van der Waals surface area contributed by atoms with Crippen LogP contribution < -0.4 is 4.72 Å². The van der Waals surface area contributed by atoms with Gasteiger partial charge in [0.25, 0.3) is 0 Å². The molecule has 1 aliphatic heterocycles. The molecule has 0 saturated heterocycles. The Morgan fingerprint density at radius 3 is 3.15 bits per heavy atom. The zero-order valence-electron chi connectivity index (χ0n) is 10.7. The van der Waals surface area contributed by atoms with E-state index in [9.17, 15) is 8.42 Å². The number of nitrogens with one attached hydrogen (secondary N) is 1. The number of hydrogen-bond donors (Lipinski definition) is 1. The van der Waals surface area contributed by atoms with Crippen LogP contribution in [0.15, 0.2) is 33.8 Å². The van der Waals surface area contributed by atoms with Gasteiger partial charge in [0.2, 0.25) is 10.0 Å². The Hall–Kier alpha value is -1.51. The molecule has 20 heavy (non-hydrogen) atoms. The fourth-order valence-corrected chi connectivity index (χ4v) is 3.83. The van der Waals surface area contributed by atoms with E-state index in [-0.39, 0.29) is 17.5 Å². The zero-order chi connectivity index (χ0) is 14.2. The van der Waals surface area contributed by atoms with E-state index in [1.807, 2.05) is 18.4 Å². The molecule has 2 aromatic rings. The molecule has 106 valence electrons. The molecule has 6 nitrogen and oxygen atoms in total. The van der Waals surface area contributed by atoms with Gasteiger partial charge in [-0.25, -0.2) is 13.1 Å². The first-order valence-corrected chi connectivity index (χ1v) is 8.43. The smallest absolute Gasteiger partial charge is 0.242 e. The summed E-state index contributed by atoms with van der Waals surface area (Å²) in [5.41, 5.74) is 1.67. The lowest BCUT2D eigenvalue weighted by Gasteiger charge is -2.10. The van der Waals surface area contributed by atoms with Gasteiger partial charge in [0.05, 0.1) is 22.5 Å². The fourth-order valence-electron chi connectivity index (χ4n) is 1.94. The van der Waals surface area contributed by atoms with Gasteiger partial charge in [0.1, 0.15) is 11.0 Å². The zero-order valence-corrected chi connectivity index (χ0v) is 12.4. The minimum absolute atomic E-state index is 0.170. The van der Waals surface area contributed by atoms with Gasteiger partial charge in [-0.05, 0) is 24.4 Å². The topological polar surface area (TPSA) is 80.6 Å². The number of aromatic nitrogens is 1. The molecular weight excluding hydrogens is 298 g/mol. The van der Waals surface area contributed by atoms with Crippen molar-refractivity contribution in [1.29, 1.82) is 0 Å². The molecule has 1 aliphatic rings. The van der Waals surface area contributed by atoms with Crippen LogP contribution in [0.25, 0.3) is 10.2 Å². The highest BCUT2D eigenvalue weighted by molar-refractivity contribution is 7.89. The van der Waals surface area contributed by atoms with E-state index in [2.05, 4.69) is 14.9 Å². The maximum Gasteiger partial charge on any atom is 0.242 e. The van der Waals surface area contributed by atoms with Crippen LogP contribution in [0.1, 0.15) is 13.3 Å². The molecule has 0 aliphatic carbocycles. The maximum absolute atomic E-state index is 12.2. The monoisotopic (exact) mass is 311 g/mol. The first-order chi connectivity index (χ1) is 9.54. The van der Waals surface area contributed by atoms with E-state index in [0.29, 0.717) is 6.42 Å². The molecule has 1 N–H and O–H groups in total. The van der Waals surface area contributed by atoms with Crippen molar-refractivity contribution in [3.05, 3.63) is 23.7 Å². The molecule has 0 bridgehead atoms. The van der Waals surface area contributed by atoms with Crippen LogP contribution in [-0.4, -0.2) is 31.8 Å². The lowest BCUT2D eigenvalue weighted by molar-refractivity contribution is 0.0891. The third-order valence-electron chi connectivity index (χ3n) is 2.97. The van der Waals surface area contributed by atoms with Crippen molar-refractivity contribution in [2.75, 3.05) is 6.54 Å². The standard InChI is InChI=1S/C12H13N3O3S2/c1-8-4-9(18-15-8)6-14-20(16,17)10-5-12-11(13-7-10)2-3-19-12/h2-3,5,7,9,14H,4,6H2,1H3. The Morgan fingerprint density at radius 1 is 1.55 bits per heavy atom. The lowest BCUT2D eigenvalue weighted by atomic mass is 10.2. The molecule has 8 heteroatoms. The second kappa shape index (κ2) is 5.12. The summed E-state index contributed by atoms with van der Waals surface area (Å²) in [6.45, 7) is 2.05. The molecule has 0 saturated carbocycles. The summed E-state index contributed by atoms with van der Waals surface area (Å²) < 4.78 is 27.8. The van der Waals surface area contributed by atoms with Gasteiger partial charge in [-0.3, -0.25) is 4.98 Å². The summed E-state index contributed by atoms with van der Waals surface area (Å²) in [5, 5.41) is 5.68. The third kappa shape index (κ3) is 2.67. The van der Waals surface area contributed by atoms with Crippen LogP contribution in [0.2, 0.25) is 0 Å². The number of nitrogens with zero attached hydrogens (tertiary/aromatic N) is 2. The number of sulfonamides is 1. The van der Waals surface area contributed by atoms with Gasteiger partial charge in [0.15, 0.2) is 0 Å². The molecule has 1 atom stereocenters. The van der Waals surface area contributed by atoms with Crippen molar-refractivity contribution in [1.82, 2.24) is 9.71 Å². The van der Waals surface area contributed by atoms with Crippen LogP contribution in [0.3, 0.4) is 0 Å². The number of rotatable bonds is 4. The minimum Gasteiger partial charge on any atom is -0.391 e. The highest BCUT2D eigenvalue weighted by atomic mass is 32.2. The number of fused-ring (bicyclic) bond motifs is 1. The van der Waals surface area contributed by atoms with Crippen molar-refractivity contribution in [2.45, 2.75) is 24.3 Å². The summed E-state index contributed by atoms with van der Waals surface area (Å²) in [4.78, 5) is 9.41. The van der Waals surface area contributed by atoms with Gasteiger partial charge in [-0.15, -0.1) is 11.3 Å². The van der Waals surface area contributed by atoms with Crippen molar-refractivity contribution < 1.29 is 13.3 Å². The van der Waals surface area contributed by atoms with E-state index in [4.69, 9.17) is 4.84 Å². The first kappa shape index (κ1) is 13.5. The third-order valence-corrected chi connectivity index (χ3v) is 5.21. The Bertz CT molecular complexity index is 767. The molecule has 0 amide bonds. The molecule has 3 heterocycles. The van der Waals surface area contributed by atoms with Gasteiger partial charge >= 0.3 is 0 Å². The summed E-state index contributed by atoms with van der Waals surface area (Å²) in [6.07, 6.45) is 1.78. The van der Waals surface area contributed by atoms with Crippen molar-refractivity contribution in [3.63, 3.8) is 0 Å². The maximum atomic E-state index is 12.2. The largest absolute Gasteiger partial charge is 0.391 e. The quantitative estimate of drug-likeness (QED) is 0.932. The van der Waals surface area contributed by atoms with E-state index in [1.54, 1.807) is 6.07 Å². The molecule has 0 radical (unpaired) electrons. The molecule has 0 spiro atoms. The van der Waals surface area contributed by atoms with Crippen LogP contribution in [-0.2, 0) is 14.9 Å². The molecule has 2 aromatic heterocycles. The van der Waals surface area contributed by atoms with Gasteiger partial charge in [0, 0.05) is 12.6 Å². The minimum atomic E-state index is -3.57. The van der Waals surface area contributed by atoms with Crippen molar-refractivity contribution in [3.8, 4) is 0 Å². The van der Waals surface area contributed by atoms with Crippen LogP contribution in [0.5, 0.6) is 0 Å². The second-order valence-corrected chi connectivity index (χ2v) is 7.30. The normalized spacial score (nSPS) is 19.1. The number of thiophene rings is 1. The summed E-state index contributed by atoms with van der Waals surface area (Å²) in [6, 6.07) is 3.49. The first-order valence-electron chi connectivity index (χ1n) is 6.07.